The van der Waals surface area contributed by atoms with Crippen LogP contribution in [0.25, 0.3) is 0 Å². The van der Waals surface area contributed by atoms with Crippen molar-refractivity contribution >= 4 is 17.7 Å². The lowest BCUT2D eigenvalue weighted by Crippen LogP contribution is -2.31. The van der Waals surface area contributed by atoms with Gasteiger partial charge in [0.15, 0.2) is 12.4 Å². The smallest absolute Gasteiger partial charge is 0.416 e. The predicted octanol–water partition coefficient (Wildman–Crippen LogP) is 3.98. The Kier molecular flexibility index (Phi) is 7.14. The van der Waals surface area contributed by atoms with Crippen LogP contribution in [-0.4, -0.2) is 30.8 Å². The number of Topliss-reactive ketones (excluding diaryl/α,β-unsaturated/α-hetero) is 1. The van der Waals surface area contributed by atoms with Crippen LogP contribution in [0.3, 0.4) is 0 Å². The van der Waals surface area contributed by atoms with Crippen LogP contribution in [0, 0.1) is 0 Å². The van der Waals surface area contributed by atoms with Crippen molar-refractivity contribution in [1.82, 2.24) is 5.32 Å². The molecule has 0 bridgehead atoms. The number of halogens is 3. The number of hydrogen-bond acceptors (Lipinski definition) is 4. The largest absolute Gasteiger partial charge is 0.456 e. The van der Waals surface area contributed by atoms with E-state index in [4.69, 9.17) is 4.74 Å². The van der Waals surface area contributed by atoms with Crippen LogP contribution in [-0.2, 0) is 15.7 Å². The minimum absolute atomic E-state index is 0.0351. The third-order valence-electron chi connectivity index (χ3n) is 4.13. The van der Waals surface area contributed by atoms with Crippen LogP contribution < -0.4 is 5.32 Å². The molecule has 0 heterocycles. The van der Waals surface area contributed by atoms with Crippen molar-refractivity contribution in [3.8, 4) is 0 Å². The summed E-state index contributed by atoms with van der Waals surface area (Å²) in [5.41, 5.74) is 0.557. The minimum Gasteiger partial charge on any atom is -0.456 e. The molecule has 0 fully saturated rings. The molecular weight excluding hydrogens is 387 g/mol. The molecule has 2 aromatic rings. The average Bonchev–Trinajstić information content (AvgIpc) is 2.69. The Balaban J connectivity index is 1.80. The maximum absolute atomic E-state index is 12.5. The summed E-state index contributed by atoms with van der Waals surface area (Å²) in [5.74, 6) is -1.63. The SMILES string of the molecule is CC(C)c1ccc(C(=O)COC(=O)CNC(=O)c2ccc(C(F)(F)F)cc2)cc1. The molecule has 0 spiro atoms. The number of esters is 1. The summed E-state index contributed by atoms with van der Waals surface area (Å²) < 4.78 is 42.4. The highest BCUT2D eigenvalue weighted by Gasteiger charge is 2.30. The van der Waals surface area contributed by atoms with Gasteiger partial charge in [0.05, 0.1) is 5.56 Å². The van der Waals surface area contributed by atoms with Gasteiger partial charge in [-0.3, -0.25) is 14.4 Å². The topological polar surface area (TPSA) is 72.5 Å². The first-order valence-corrected chi connectivity index (χ1v) is 8.82. The zero-order valence-corrected chi connectivity index (χ0v) is 15.9. The molecular formula is C21H20F3NO4. The number of hydrogen-bond donors (Lipinski definition) is 1. The molecule has 0 unspecified atom stereocenters. The van der Waals surface area contributed by atoms with Gasteiger partial charge in [0.1, 0.15) is 6.54 Å². The second-order valence-corrected chi connectivity index (χ2v) is 6.62. The zero-order chi connectivity index (χ0) is 21.6. The lowest BCUT2D eigenvalue weighted by molar-refractivity contribution is -0.141. The molecule has 0 aliphatic carbocycles. The quantitative estimate of drug-likeness (QED) is 0.557. The lowest BCUT2D eigenvalue weighted by Gasteiger charge is -2.09. The lowest BCUT2D eigenvalue weighted by atomic mass is 10.0. The van der Waals surface area contributed by atoms with Gasteiger partial charge in [-0.15, -0.1) is 0 Å². The minimum atomic E-state index is -4.50. The van der Waals surface area contributed by atoms with Crippen molar-refractivity contribution in [3.05, 3.63) is 70.8 Å². The maximum Gasteiger partial charge on any atom is 0.416 e. The summed E-state index contributed by atoms with van der Waals surface area (Å²) in [5, 5.41) is 2.23. The van der Waals surface area contributed by atoms with E-state index < -0.39 is 36.8 Å². The third kappa shape index (κ3) is 6.44. The molecule has 0 aromatic heterocycles. The Hall–Kier alpha value is -3.16. The van der Waals surface area contributed by atoms with Gasteiger partial charge in [-0.05, 0) is 35.7 Å². The Morgan fingerprint density at radius 1 is 0.931 bits per heavy atom. The molecule has 0 saturated heterocycles. The number of benzene rings is 2. The van der Waals surface area contributed by atoms with E-state index in [1.165, 1.54) is 0 Å². The Morgan fingerprint density at radius 2 is 1.48 bits per heavy atom. The highest BCUT2D eigenvalue weighted by atomic mass is 19.4. The van der Waals surface area contributed by atoms with E-state index in [9.17, 15) is 27.6 Å². The summed E-state index contributed by atoms with van der Waals surface area (Å²) >= 11 is 0. The predicted molar refractivity (Wildman–Crippen MR) is 99.6 cm³/mol. The molecule has 0 aliphatic rings. The van der Waals surface area contributed by atoms with Crippen LogP contribution in [0.5, 0.6) is 0 Å². The third-order valence-corrected chi connectivity index (χ3v) is 4.13. The Labute approximate surface area is 165 Å². The zero-order valence-electron chi connectivity index (χ0n) is 15.9. The number of carbonyl (C=O) groups excluding carboxylic acids is 3. The molecule has 1 N–H and O–H groups in total. The highest BCUT2D eigenvalue weighted by molar-refractivity contribution is 5.98. The van der Waals surface area contributed by atoms with Crippen molar-refractivity contribution in [2.75, 3.05) is 13.2 Å². The molecule has 0 radical (unpaired) electrons. The summed E-state index contributed by atoms with van der Waals surface area (Å²) in [4.78, 5) is 35.6. The standard InChI is InChI=1S/C21H20F3NO4/c1-13(2)14-3-5-15(6-4-14)18(26)12-29-19(27)11-25-20(28)16-7-9-17(10-8-16)21(22,23)24/h3-10,13H,11-12H2,1-2H3,(H,25,28). The molecule has 0 saturated carbocycles. The fourth-order valence-electron chi connectivity index (χ4n) is 2.40. The van der Waals surface area contributed by atoms with Crippen LogP contribution in [0.2, 0.25) is 0 Å². The van der Waals surface area contributed by atoms with Crippen LogP contribution >= 0.6 is 0 Å². The van der Waals surface area contributed by atoms with Gasteiger partial charge >= 0.3 is 12.1 Å². The number of alkyl halides is 3. The van der Waals surface area contributed by atoms with E-state index >= 15 is 0 Å². The first kappa shape index (κ1) is 22.1. The van der Waals surface area contributed by atoms with Gasteiger partial charge in [0.25, 0.3) is 5.91 Å². The monoisotopic (exact) mass is 407 g/mol. The van der Waals surface area contributed by atoms with Gasteiger partial charge in [-0.2, -0.15) is 13.2 Å². The summed E-state index contributed by atoms with van der Waals surface area (Å²) in [6, 6.07) is 10.5. The van der Waals surface area contributed by atoms with E-state index in [-0.39, 0.29) is 11.3 Å². The van der Waals surface area contributed by atoms with Crippen molar-refractivity contribution in [2.45, 2.75) is 25.9 Å². The second kappa shape index (κ2) is 9.36. The maximum atomic E-state index is 12.5. The average molecular weight is 407 g/mol. The molecule has 0 atom stereocenters. The molecule has 8 heteroatoms. The van der Waals surface area contributed by atoms with Crippen molar-refractivity contribution in [2.24, 2.45) is 0 Å². The summed E-state index contributed by atoms with van der Waals surface area (Å²) in [6.07, 6.45) is -4.50. The van der Waals surface area contributed by atoms with Gasteiger partial charge < -0.3 is 10.1 Å². The summed E-state index contributed by atoms with van der Waals surface area (Å²) in [7, 11) is 0. The molecule has 154 valence electrons. The van der Waals surface area contributed by atoms with E-state index in [0.29, 0.717) is 11.5 Å². The second-order valence-electron chi connectivity index (χ2n) is 6.62. The molecule has 29 heavy (non-hydrogen) atoms. The van der Waals surface area contributed by atoms with Gasteiger partial charge in [0, 0.05) is 11.1 Å². The Bertz CT molecular complexity index is 872. The van der Waals surface area contributed by atoms with Crippen molar-refractivity contribution in [1.29, 1.82) is 0 Å². The van der Waals surface area contributed by atoms with Gasteiger partial charge in [0.2, 0.25) is 0 Å². The molecule has 5 nitrogen and oxygen atoms in total. The normalized spacial score (nSPS) is 11.2. The molecule has 0 aliphatic heterocycles. The van der Waals surface area contributed by atoms with E-state index in [1.807, 2.05) is 26.0 Å². The number of rotatable bonds is 7. The highest BCUT2D eigenvalue weighted by Crippen LogP contribution is 2.29. The number of carbonyl (C=O) groups is 3. The molecule has 1 amide bonds. The van der Waals surface area contributed by atoms with E-state index in [1.54, 1.807) is 12.1 Å². The van der Waals surface area contributed by atoms with E-state index in [2.05, 4.69) is 5.32 Å². The van der Waals surface area contributed by atoms with Crippen LogP contribution in [0.15, 0.2) is 48.5 Å². The number of ether oxygens (including phenoxy) is 1. The van der Waals surface area contributed by atoms with Crippen LogP contribution in [0.1, 0.15) is 51.6 Å². The molecule has 2 rings (SSSR count). The van der Waals surface area contributed by atoms with Crippen LogP contribution in [0.4, 0.5) is 13.2 Å². The number of ketones is 1. The van der Waals surface area contributed by atoms with Gasteiger partial charge in [-0.1, -0.05) is 38.1 Å². The first-order valence-electron chi connectivity index (χ1n) is 8.82. The van der Waals surface area contributed by atoms with Gasteiger partial charge in [-0.25, -0.2) is 0 Å². The molecule has 2 aromatic carbocycles. The first-order chi connectivity index (χ1) is 13.6. The number of amides is 1. The fraction of sp³-hybridized carbons (Fsp3) is 0.286. The fourth-order valence-corrected chi connectivity index (χ4v) is 2.40. The van der Waals surface area contributed by atoms with Crippen molar-refractivity contribution in [3.63, 3.8) is 0 Å². The Morgan fingerprint density at radius 3 is 2.00 bits per heavy atom. The summed E-state index contributed by atoms with van der Waals surface area (Å²) in [6.45, 7) is 3.06. The number of nitrogens with one attached hydrogen (secondary N) is 1. The van der Waals surface area contributed by atoms with Crippen molar-refractivity contribution < 1.29 is 32.3 Å². The van der Waals surface area contributed by atoms with E-state index in [0.717, 1.165) is 29.8 Å².